The van der Waals surface area contributed by atoms with Crippen molar-refractivity contribution in [1.29, 1.82) is 0 Å². The van der Waals surface area contributed by atoms with E-state index < -0.39 is 50.6 Å². The van der Waals surface area contributed by atoms with Crippen molar-refractivity contribution >= 4 is 50.6 Å². The minimum atomic E-state index is -3.09. The molecule has 11 heteroatoms. The fraction of sp³-hybridized carbons (Fsp3) is 1.00. The monoisotopic (exact) mass is 528 g/mol. The van der Waals surface area contributed by atoms with Crippen molar-refractivity contribution in [1.82, 2.24) is 0 Å². The topological polar surface area (TPSA) is 57.2 Å². The second kappa shape index (κ2) is 11.5. The molecule has 0 rings (SSSR count). The molecular formula is C19H52O5Si6. The molecule has 182 valence electrons. The van der Waals surface area contributed by atoms with Crippen LogP contribution in [0.15, 0.2) is 0 Å². The Balaban J connectivity index is 4.71. The summed E-state index contributed by atoms with van der Waals surface area (Å²) in [5, 5.41) is 0. The molecule has 0 aromatic rings. The van der Waals surface area contributed by atoms with Crippen LogP contribution in [-0.2, 0) is 16.5 Å². The minimum Gasteiger partial charge on any atom is -0.437 e. The highest BCUT2D eigenvalue weighted by Gasteiger charge is 2.44. The fourth-order valence-corrected chi connectivity index (χ4v) is 26.0. The van der Waals surface area contributed by atoms with Gasteiger partial charge in [0.25, 0.3) is 0 Å². The van der Waals surface area contributed by atoms with Gasteiger partial charge in [-0.25, -0.2) is 0 Å². The van der Waals surface area contributed by atoms with E-state index in [4.69, 9.17) is 16.5 Å². The first-order valence-corrected chi connectivity index (χ1v) is 29.7. The summed E-state index contributed by atoms with van der Waals surface area (Å²) in [5.41, 5.74) is 0. The summed E-state index contributed by atoms with van der Waals surface area (Å²) in [4.78, 5) is 11.2. The van der Waals surface area contributed by atoms with Crippen LogP contribution in [0, 0.1) is 0 Å². The average molecular weight is 529 g/mol. The molecule has 0 fully saturated rings. The molecule has 0 aliphatic carbocycles. The molecule has 5 nitrogen and oxygen atoms in total. The molecule has 0 atom stereocenters. The van der Waals surface area contributed by atoms with E-state index in [-0.39, 0.29) is 0 Å². The van der Waals surface area contributed by atoms with Crippen LogP contribution in [0.2, 0.25) is 97.2 Å². The van der Waals surface area contributed by atoms with E-state index >= 15 is 0 Å². The third-order valence-corrected chi connectivity index (χ3v) is 21.9. The van der Waals surface area contributed by atoms with Crippen molar-refractivity contribution in [3.8, 4) is 0 Å². The van der Waals surface area contributed by atoms with E-state index in [2.05, 4.69) is 85.1 Å². The molecule has 0 bridgehead atoms. The lowest BCUT2D eigenvalue weighted by Crippen LogP contribution is -2.54. The predicted octanol–water partition coefficient (Wildman–Crippen LogP) is 6.96. The van der Waals surface area contributed by atoms with Crippen molar-refractivity contribution < 1.29 is 21.3 Å². The van der Waals surface area contributed by atoms with Crippen molar-refractivity contribution in [3.63, 3.8) is 0 Å². The van der Waals surface area contributed by atoms with Crippen molar-refractivity contribution in [2.24, 2.45) is 0 Å². The number of hydrogen-bond acceptors (Lipinski definition) is 5. The third kappa shape index (κ3) is 17.6. The van der Waals surface area contributed by atoms with Crippen LogP contribution in [0.3, 0.4) is 0 Å². The van der Waals surface area contributed by atoms with Crippen LogP contribution in [0.25, 0.3) is 0 Å². The summed E-state index contributed by atoms with van der Waals surface area (Å²) < 4.78 is 25.6. The van der Waals surface area contributed by atoms with Gasteiger partial charge in [0.15, 0.2) is 33.3 Å². The van der Waals surface area contributed by atoms with Gasteiger partial charge in [0.1, 0.15) is 0 Å². The average Bonchev–Trinajstić information content (AvgIpc) is 2.33. The standard InChI is InChI=1S/C19H52O5Si6/c1-25(2,3)21-29(13,22-26(4,5)6)18-16-14-15-17-19-30(20,23-27(7,8)9)24-28(10,11)12/h20H,14-19H2,1-13H3. The van der Waals surface area contributed by atoms with Crippen LogP contribution in [-0.4, -0.2) is 55.4 Å². The van der Waals surface area contributed by atoms with Gasteiger partial charge in [-0.15, -0.1) is 0 Å². The molecule has 0 radical (unpaired) electrons. The third-order valence-electron chi connectivity index (χ3n) is 3.85. The maximum atomic E-state index is 11.2. The summed E-state index contributed by atoms with van der Waals surface area (Å²) in [6, 6.07) is 1.73. The Kier molecular flexibility index (Phi) is 11.9. The Morgan fingerprint density at radius 2 is 0.733 bits per heavy atom. The van der Waals surface area contributed by atoms with Crippen LogP contribution < -0.4 is 0 Å². The molecule has 0 saturated carbocycles. The zero-order valence-corrected chi connectivity index (χ0v) is 28.3. The Labute approximate surface area is 194 Å². The highest BCUT2D eigenvalue weighted by molar-refractivity contribution is 6.87. The number of hydrogen-bond donors (Lipinski definition) is 1. The van der Waals surface area contributed by atoms with Gasteiger partial charge in [-0.05, 0) is 97.6 Å². The van der Waals surface area contributed by atoms with E-state index in [1.165, 1.54) is 0 Å². The lowest BCUT2D eigenvalue weighted by molar-refractivity contribution is 0.242. The van der Waals surface area contributed by atoms with Crippen molar-refractivity contribution in [2.75, 3.05) is 0 Å². The van der Waals surface area contributed by atoms with Gasteiger partial charge in [-0.2, -0.15) is 0 Å². The molecule has 0 aliphatic rings. The Morgan fingerprint density at radius 3 is 1.03 bits per heavy atom. The van der Waals surface area contributed by atoms with Gasteiger partial charge in [0, 0.05) is 6.04 Å². The highest BCUT2D eigenvalue weighted by atomic mass is 28.5. The molecule has 1 N–H and O–H groups in total. The molecule has 0 spiro atoms. The minimum absolute atomic E-state index is 0.674. The first-order chi connectivity index (χ1) is 13.0. The van der Waals surface area contributed by atoms with Gasteiger partial charge in [-0.3, -0.25) is 0 Å². The van der Waals surface area contributed by atoms with E-state index in [1.807, 2.05) is 0 Å². The summed E-state index contributed by atoms with van der Waals surface area (Å²) in [7, 11) is -12.2. The number of unbranched alkanes of at least 4 members (excludes halogenated alkanes) is 3. The summed E-state index contributed by atoms with van der Waals surface area (Å²) in [6.45, 7) is 28.6. The van der Waals surface area contributed by atoms with E-state index in [0.717, 1.165) is 31.7 Å². The van der Waals surface area contributed by atoms with Crippen LogP contribution in [0.1, 0.15) is 25.7 Å². The molecule has 0 amide bonds. The quantitative estimate of drug-likeness (QED) is 0.184. The Hall–Kier alpha value is 1.10. The maximum Gasteiger partial charge on any atom is 0.477 e. The Morgan fingerprint density at radius 1 is 0.433 bits per heavy atom. The van der Waals surface area contributed by atoms with Gasteiger partial charge in [0.05, 0.1) is 0 Å². The van der Waals surface area contributed by atoms with E-state index in [0.29, 0.717) is 6.04 Å². The summed E-state index contributed by atoms with van der Waals surface area (Å²) >= 11 is 0. The van der Waals surface area contributed by atoms with Crippen molar-refractivity contribution in [3.05, 3.63) is 0 Å². The van der Waals surface area contributed by atoms with Crippen LogP contribution >= 0.6 is 0 Å². The van der Waals surface area contributed by atoms with Gasteiger partial charge in [0.2, 0.25) is 0 Å². The maximum absolute atomic E-state index is 11.2. The predicted molar refractivity (Wildman–Crippen MR) is 145 cm³/mol. The van der Waals surface area contributed by atoms with Gasteiger partial charge < -0.3 is 21.3 Å². The second-order valence-corrected chi connectivity index (χ2v) is 37.5. The molecular weight excluding hydrogens is 477 g/mol. The highest BCUT2D eigenvalue weighted by Crippen LogP contribution is 2.28. The smallest absolute Gasteiger partial charge is 0.437 e. The normalized spacial score (nSPS) is 15.0. The second-order valence-electron chi connectivity index (χ2n) is 12.6. The first-order valence-electron chi connectivity index (χ1n) is 11.6. The largest absolute Gasteiger partial charge is 0.477 e. The molecule has 0 unspecified atom stereocenters. The summed E-state index contributed by atoms with van der Waals surface area (Å²) in [5.74, 6) is 0. The van der Waals surface area contributed by atoms with Crippen molar-refractivity contribution in [2.45, 2.75) is 123 Å². The lowest BCUT2D eigenvalue weighted by atomic mass is 10.2. The zero-order chi connectivity index (χ0) is 24.1. The molecule has 0 aromatic heterocycles. The van der Waals surface area contributed by atoms with Crippen LogP contribution in [0.4, 0.5) is 0 Å². The lowest BCUT2D eigenvalue weighted by Gasteiger charge is -2.38. The molecule has 0 heterocycles. The summed E-state index contributed by atoms with van der Waals surface area (Å²) in [6.07, 6.45) is 4.31. The zero-order valence-electron chi connectivity index (χ0n) is 22.3. The number of rotatable bonds is 15. The van der Waals surface area contributed by atoms with Crippen LogP contribution in [0.5, 0.6) is 0 Å². The SMILES string of the molecule is C[Si](C)(C)O[Si](C)(CCCCCC[Si](O)(O[Si](C)(C)C)O[Si](C)(C)C)O[Si](C)(C)C. The molecule has 0 aromatic carbocycles. The van der Waals surface area contributed by atoms with E-state index in [9.17, 15) is 4.80 Å². The molecule has 0 saturated heterocycles. The molecule has 0 aliphatic heterocycles. The van der Waals surface area contributed by atoms with Gasteiger partial charge >= 0.3 is 17.4 Å². The molecule has 30 heavy (non-hydrogen) atoms. The Bertz CT molecular complexity index is 428. The van der Waals surface area contributed by atoms with E-state index in [1.54, 1.807) is 0 Å². The first kappa shape index (κ1) is 31.1. The fourth-order valence-electron chi connectivity index (χ4n) is 3.65. The van der Waals surface area contributed by atoms with Gasteiger partial charge in [-0.1, -0.05) is 19.3 Å².